The zero-order chi connectivity index (χ0) is 9.68. The molecule has 0 bridgehead atoms. The lowest BCUT2D eigenvalue weighted by molar-refractivity contribution is 0.255. The molecule has 0 aliphatic carbocycles. The van der Waals surface area contributed by atoms with Crippen LogP contribution in [0.1, 0.15) is 39.5 Å². The molecule has 1 N–H and O–H groups in total. The second kappa shape index (κ2) is 6.02. The van der Waals surface area contributed by atoms with Crippen molar-refractivity contribution in [1.29, 1.82) is 0 Å². The third-order valence-electron chi connectivity index (χ3n) is 3.28. The van der Waals surface area contributed by atoms with E-state index in [-0.39, 0.29) is 0 Å². The van der Waals surface area contributed by atoms with E-state index in [4.69, 9.17) is 0 Å². The SMILES string of the molecule is CCC(Br)CCC1CNCCC1C. The molecule has 1 nitrogen and oxygen atoms in total. The molecular weight excluding hydrogens is 226 g/mol. The standard InChI is InChI=1S/C11H22BrN/c1-3-11(12)5-4-10-8-13-7-6-9(10)2/h9-11,13H,3-8H2,1-2H3. The molecule has 0 aromatic rings. The van der Waals surface area contributed by atoms with Crippen molar-refractivity contribution >= 4 is 15.9 Å². The summed E-state index contributed by atoms with van der Waals surface area (Å²) in [6.45, 7) is 7.12. The summed E-state index contributed by atoms with van der Waals surface area (Å²) in [6.07, 6.45) is 5.35. The molecule has 1 rings (SSSR count). The summed E-state index contributed by atoms with van der Waals surface area (Å²) in [7, 11) is 0. The monoisotopic (exact) mass is 247 g/mol. The summed E-state index contributed by atoms with van der Waals surface area (Å²) in [6, 6.07) is 0. The topological polar surface area (TPSA) is 12.0 Å². The van der Waals surface area contributed by atoms with Gasteiger partial charge in [-0.3, -0.25) is 0 Å². The minimum Gasteiger partial charge on any atom is -0.316 e. The Kier molecular flexibility index (Phi) is 5.34. The van der Waals surface area contributed by atoms with Crippen molar-refractivity contribution in [3.8, 4) is 0 Å². The van der Waals surface area contributed by atoms with Crippen molar-refractivity contribution in [3.63, 3.8) is 0 Å². The minimum absolute atomic E-state index is 0.738. The molecule has 1 aliphatic rings. The van der Waals surface area contributed by atoms with Gasteiger partial charge in [-0.25, -0.2) is 0 Å². The first-order chi connectivity index (χ1) is 6.24. The van der Waals surface area contributed by atoms with E-state index in [9.17, 15) is 0 Å². The van der Waals surface area contributed by atoms with Crippen LogP contribution in [0.3, 0.4) is 0 Å². The molecule has 0 aromatic carbocycles. The maximum Gasteiger partial charge on any atom is 0.0143 e. The van der Waals surface area contributed by atoms with Gasteiger partial charge < -0.3 is 5.32 Å². The van der Waals surface area contributed by atoms with Crippen LogP contribution in [0.2, 0.25) is 0 Å². The second-order valence-electron chi connectivity index (χ2n) is 4.31. The van der Waals surface area contributed by atoms with Gasteiger partial charge in [0.1, 0.15) is 0 Å². The molecule has 13 heavy (non-hydrogen) atoms. The Bertz CT molecular complexity index is 138. The van der Waals surface area contributed by atoms with Crippen LogP contribution in [-0.2, 0) is 0 Å². The van der Waals surface area contributed by atoms with Gasteiger partial charge in [-0.05, 0) is 50.6 Å². The molecule has 0 aromatic heterocycles. The number of nitrogens with one attached hydrogen (secondary N) is 1. The van der Waals surface area contributed by atoms with Gasteiger partial charge in [0, 0.05) is 4.83 Å². The number of alkyl halides is 1. The van der Waals surface area contributed by atoms with Gasteiger partial charge in [0.2, 0.25) is 0 Å². The molecule has 0 radical (unpaired) electrons. The second-order valence-corrected chi connectivity index (χ2v) is 5.61. The Balaban J connectivity index is 2.18. The first kappa shape index (κ1) is 11.5. The summed E-state index contributed by atoms with van der Waals surface area (Å²) in [5.74, 6) is 1.85. The molecule has 0 spiro atoms. The third kappa shape index (κ3) is 3.99. The van der Waals surface area contributed by atoms with E-state index in [1.807, 2.05) is 0 Å². The molecular formula is C11H22BrN. The Hall–Kier alpha value is 0.440. The highest BCUT2D eigenvalue weighted by Crippen LogP contribution is 2.25. The third-order valence-corrected chi connectivity index (χ3v) is 4.39. The van der Waals surface area contributed by atoms with Gasteiger partial charge in [0.05, 0.1) is 0 Å². The van der Waals surface area contributed by atoms with Crippen LogP contribution < -0.4 is 5.32 Å². The molecule has 3 atom stereocenters. The van der Waals surface area contributed by atoms with E-state index in [1.165, 1.54) is 38.8 Å². The van der Waals surface area contributed by atoms with E-state index in [1.54, 1.807) is 0 Å². The van der Waals surface area contributed by atoms with Gasteiger partial charge in [-0.2, -0.15) is 0 Å². The fourth-order valence-corrected chi connectivity index (χ4v) is 2.30. The molecule has 1 fully saturated rings. The lowest BCUT2D eigenvalue weighted by Gasteiger charge is -2.30. The van der Waals surface area contributed by atoms with Crippen molar-refractivity contribution in [2.75, 3.05) is 13.1 Å². The van der Waals surface area contributed by atoms with E-state index in [0.717, 1.165) is 16.7 Å². The summed E-state index contributed by atoms with van der Waals surface area (Å²) in [4.78, 5) is 0.738. The molecule has 0 amide bonds. The van der Waals surface area contributed by atoms with Gasteiger partial charge in [0.15, 0.2) is 0 Å². The summed E-state index contributed by atoms with van der Waals surface area (Å²) in [5.41, 5.74) is 0. The van der Waals surface area contributed by atoms with Crippen LogP contribution in [0.15, 0.2) is 0 Å². The van der Waals surface area contributed by atoms with Crippen LogP contribution in [0.25, 0.3) is 0 Å². The Labute approximate surface area is 90.8 Å². The van der Waals surface area contributed by atoms with Crippen LogP contribution in [0.5, 0.6) is 0 Å². The van der Waals surface area contributed by atoms with Crippen molar-refractivity contribution in [1.82, 2.24) is 5.32 Å². The zero-order valence-corrected chi connectivity index (χ0v) is 10.4. The molecule has 78 valence electrons. The molecule has 3 unspecified atom stereocenters. The highest BCUT2D eigenvalue weighted by atomic mass is 79.9. The Morgan fingerprint density at radius 1 is 1.54 bits per heavy atom. The first-order valence-corrected chi connectivity index (χ1v) is 6.50. The lowest BCUT2D eigenvalue weighted by Crippen LogP contribution is -2.35. The molecule has 0 saturated carbocycles. The van der Waals surface area contributed by atoms with E-state index in [2.05, 4.69) is 35.1 Å². The van der Waals surface area contributed by atoms with Crippen molar-refractivity contribution in [2.24, 2.45) is 11.8 Å². The highest BCUT2D eigenvalue weighted by Gasteiger charge is 2.20. The van der Waals surface area contributed by atoms with Crippen molar-refractivity contribution < 1.29 is 0 Å². The first-order valence-electron chi connectivity index (χ1n) is 5.58. The van der Waals surface area contributed by atoms with Crippen molar-refractivity contribution in [2.45, 2.75) is 44.4 Å². The van der Waals surface area contributed by atoms with Gasteiger partial charge in [-0.15, -0.1) is 0 Å². The maximum atomic E-state index is 3.70. The maximum absolute atomic E-state index is 3.70. The van der Waals surface area contributed by atoms with Crippen LogP contribution >= 0.6 is 15.9 Å². The fourth-order valence-electron chi connectivity index (χ4n) is 2.04. The number of piperidine rings is 1. The molecule has 1 aliphatic heterocycles. The summed E-state index contributed by atoms with van der Waals surface area (Å²) in [5, 5.41) is 3.49. The lowest BCUT2D eigenvalue weighted by atomic mass is 9.84. The fraction of sp³-hybridized carbons (Fsp3) is 1.00. The predicted octanol–water partition coefficient (Wildman–Crippen LogP) is 3.19. The van der Waals surface area contributed by atoms with Crippen LogP contribution in [0, 0.1) is 11.8 Å². The van der Waals surface area contributed by atoms with Crippen LogP contribution in [-0.4, -0.2) is 17.9 Å². The normalized spacial score (nSPS) is 31.6. The summed E-state index contributed by atoms with van der Waals surface area (Å²) >= 11 is 3.70. The largest absolute Gasteiger partial charge is 0.316 e. The average Bonchev–Trinajstić information content (AvgIpc) is 2.16. The van der Waals surface area contributed by atoms with E-state index < -0.39 is 0 Å². The zero-order valence-electron chi connectivity index (χ0n) is 8.85. The number of hydrogen-bond acceptors (Lipinski definition) is 1. The minimum atomic E-state index is 0.738. The quantitative estimate of drug-likeness (QED) is 0.753. The highest BCUT2D eigenvalue weighted by molar-refractivity contribution is 9.09. The van der Waals surface area contributed by atoms with Crippen molar-refractivity contribution in [3.05, 3.63) is 0 Å². The van der Waals surface area contributed by atoms with E-state index in [0.29, 0.717) is 0 Å². The summed E-state index contributed by atoms with van der Waals surface area (Å²) < 4.78 is 0. The molecule has 2 heteroatoms. The van der Waals surface area contributed by atoms with Gasteiger partial charge in [0.25, 0.3) is 0 Å². The Morgan fingerprint density at radius 2 is 2.31 bits per heavy atom. The number of halogens is 1. The smallest absolute Gasteiger partial charge is 0.0143 e. The number of rotatable bonds is 4. The van der Waals surface area contributed by atoms with E-state index >= 15 is 0 Å². The Morgan fingerprint density at radius 3 is 2.92 bits per heavy atom. The average molecular weight is 248 g/mol. The molecule has 1 heterocycles. The van der Waals surface area contributed by atoms with Gasteiger partial charge in [-0.1, -0.05) is 29.8 Å². The number of hydrogen-bond donors (Lipinski definition) is 1. The molecule has 1 saturated heterocycles. The van der Waals surface area contributed by atoms with Crippen LogP contribution in [0.4, 0.5) is 0 Å². The van der Waals surface area contributed by atoms with Gasteiger partial charge >= 0.3 is 0 Å². The predicted molar refractivity (Wildman–Crippen MR) is 62.4 cm³/mol.